The smallest absolute Gasteiger partial charge is 0.197 e. The third-order valence-corrected chi connectivity index (χ3v) is 4.05. The summed E-state index contributed by atoms with van der Waals surface area (Å²) in [4.78, 5) is 15.7. The largest absolute Gasteiger partial charge is 0.398 e. The molecule has 0 bridgehead atoms. The molecule has 1 heterocycles. The highest BCUT2D eigenvalue weighted by molar-refractivity contribution is 9.10. The second-order valence-electron chi connectivity index (χ2n) is 4.43. The summed E-state index contributed by atoms with van der Waals surface area (Å²) in [6, 6.07) is 10.6. The quantitative estimate of drug-likeness (QED) is 0.532. The highest BCUT2D eigenvalue weighted by atomic mass is 79.9. The van der Waals surface area contributed by atoms with Gasteiger partial charge in [-0.3, -0.25) is 4.79 Å². The number of hydrogen-bond acceptors (Lipinski definition) is 2. The molecule has 0 aliphatic heterocycles. The van der Waals surface area contributed by atoms with E-state index in [0.29, 0.717) is 21.8 Å². The fourth-order valence-corrected chi connectivity index (χ4v) is 2.97. The number of carbonyl (C=O) groups is 1. The molecule has 3 aromatic rings. The number of rotatable bonds is 2. The van der Waals surface area contributed by atoms with Crippen LogP contribution in [0.5, 0.6) is 0 Å². The molecule has 3 nitrogen and oxygen atoms in total. The van der Waals surface area contributed by atoms with E-state index < -0.39 is 0 Å². The van der Waals surface area contributed by atoms with Crippen molar-refractivity contribution in [2.75, 3.05) is 5.73 Å². The Balaban J connectivity index is 2.18. The van der Waals surface area contributed by atoms with Crippen molar-refractivity contribution < 1.29 is 4.79 Å². The molecular weight excluding hydrogens is 340 g/mol. The van der Waals surface area contributed by atoms with Gasteiger partial charge in [0.1, 0.15) is 0 Å². The molecule has 0 amide bonds. The molecule has 0 saturated carbocycles. The average Bonchev–Trinajstić information content (AvgIpc) is 2.83. The zero-order valence-corrected chi connectivity index (χ0v) is 12.6. The number of aromatic nitrogens is 1. The van der Waals surface area contributed by atoms with Crippen molar-refractivity contribution >= 4 is 49.9 Å². The molecular formula is C15H10BrClN2O. The molecule has 1 aromatic heterocycles. The van der Waals surface area contributed by atoms with Gasteiger partial charge in [-0.2, -0.15) is 0 Å². The number of ketones is 1. The summed E-state index contributed by atoms with van der Waals surface area (Å²) in [5.74, 6) is -0.127. The number of H-pyrrole nitrogens is 1. The zero-order valence-electron chi connectivity index (χ0n) is 10.3. The lowest BCUT2D eigenvalue weighted by molar-refractivity contribution is 0.104. The normalized spacial score (nSPS) is 10.9. The summed E-state index contributed by atoms with van der Waals surface area (Å²) < 4.78 is 0.868. The van der Waals surface area contributed by atoms with Gasteiger partial charge in [0.15, 0.2) is 5.78 Å². The van der Waals surface area contributed by atoms with E-state index in [1.165, 1.54) is 0 Å². The van der Waals surface area contributed by atoms with E-state index >= 15 is 0 Å². The lowest BCUT2D eigenvalue weighted by Gasteiger charge is -2.05. The topological polar surface area (TPSA) is 58.9 Å². The first kappa shape index (κ1) is 13.2. The SMILES string of the molecule is Nc1cc(Cl)ccc1C(=O)c1c[nH]c2cccc(Br)c12. The molecule has 0 atom stereocenters. The molecule has 0 saturated heterocycles. The Morgan fingerprint density at radius 2 is 2.00 bits per heavy atom. The molecule has 3 rings (SSSR count). The minimum absolute atomic E-state index is 0.127. The van der Waals surface area contributed by atoms with E-state index in [0.717, 1.165) is 15.4 Å². The van der Waals surface area contributed by atoms with Crippen molar-refractivity contribution in [3.63, 3.8) is 0 Å². The Bertz CT molecular complexity index is 826. The predicted molar refractivity (Wildman–Crippen MR) is 85.3 cm³/mol. The second kappa shape index (κ2) is 4.96. The van der Waals surface area contributed by atoms with Crippen molar-refractivity contribution in [1.29, 1.82) is 0 Å². The van der Waals surface area contributed by atoms with Gasteiger partial charge in [-0.25, -0.2) is 0 Å². The van der Waals surface area contributed by atoms with E-state index in [4.69, 9.17) is 17.3 Å². The summed E-state index contributed by atoms with van der Waals surface area (Å²) in [7, 11) is 0. The fraction of sp³-hybridized carbons (Fsp3) is 0. The van der Waals surface area contributed by atoms with Gasteiger partial charge in [0.05, 0.1) is 0 Å². The molecule has 3 N–H and O–H groups in total. The van der Waals surface area contributed by atoms with Gasteiger partial charge in [-0.05, 0) is 30.3 Å². The highest BCUT2D eigenvalue weighted by Crippen LogP contribution is 2.30. The van der Waals surface area contributed by atoms with Crippen LogP contribution in [0.2, 0.25) is 5.02 Å². The van der Waals surface area contributed by atoms with E-state index in [9.17, 15) is 4.79 Å². The van der Waals surface area contributed by atoms with Crippen molar-refractivity contribution in [1.82, 2.24) is 4.98 Å². The van der Waals surface area contributed by atoms with Gasteiger partial charge in [-0.15, -0.1) is 0 Å². The van der Waals surface area contributed by atoms with Gasteiger partial charge in [-0.1, -0.05) is 33.6 Å². The molecule has 5 heteroatoms. The Kier molecular flexibility index (Phi) is 3.28. The number of nitrogens with two attached hydrogens (primary N) is 1. The minimum atomic E-state index is -0.127. The Hall–Kier alpha value is -1.78. The van der Waals surface area contributed by atoms with Gasteiger partial charge >= 0.3 is 0 Å². The maximum absolute atomic E-state index is 12.6. The van der Waals surface area contributed by atoms with Crippen LogP contribution >= 0.6 is 27.5 Å². The molecule has 0 aliphatic carbocycles. The van der Waals surface area contributed by atoms with Crippen molar-refractivity contribution in [2.24, 2.45) is 0 Å². The summed E-state index contributed by atoms with van der Waals surface area (Å²) in [5.41, 5.74) is 8.20. The van der Waals surface area contributed by atoms with Crippen LogP contribution in [0.15, 0.2) is 47.1 Å². The van der Waals surface area contributed by atoms with Gasteiger partial charge in [0.25, 0.3) is 0 Å². The van der Waals surface area contributed by atoms with Crippen LogP contribution in [0.3, 0.4) is 0 Å². The number of nitrogens with one attached hydrogen (secondary N) is 1. The number of nitrogen functional groups attached to an aromatic ring is 1. The summed E-state index contributed by atoms with van der Waals surface area (Å²) in [6.07, 6.45) is 1.70. The average molecular weight is 350 g/mol. The van der Waals surface area contributed by atoms with Crippen molar-refractivity contribution in [2.45, 2.75) is 0 Å². The number of benzene rings is 2. The van der Waals surface area contributed by atoms with Crippen LogP contribution in [-0.2, 0) is 0 Å². The molecule has 0 unspecified atom stereocenters. The maximum Gasteiger partial charge on any atom is 0.197 e. The number of hydrogen-bond donors (Lipinski definition) is 2. The van der Waals surface area contributed by atoms with E-state index in [1.54, 1.807) is 24.4 Å². The summed E-state index contributed by atoms with van der Waals surface area (Å²) >= 11 is 9.34. The van der Waals surface area contributed by atoms with Crippen molar-refractivity contribution in [3.05, 3.63) is 63.2 Å². The number of fused-ring (bicyclic) bond motifs is 1. The van der Waals surface area contributed by atoms with Crippen molar-refractivity contribution in [3.8, 4) is 0 Å². The molecule has 0 radical (unpaired) electrons. The first-order chi connectivity index (χ1) is 9.58. The van der Waals surface area contributed by atoms with Crippen LogP contribution in [0.1, 0.15) is 15.9 Å². The van der Waals surface area contributed by atoms with Gasteiger partial charge in [0.2, 0.25) is 0 Å². The first-order valence-electron chi connectivity index (χ1n) is 5.93. The number of anilines is 1. The van der Waals surface area contributed by atoms with E-state index in [1.807, 2.05) is 18.2 Å². The van der Waals surface area contributed by atoms with E-state index in [2.05, 4.69) is 20.9 Å². The van der Waals surface area contributed by atoms with Gasteiger partial charge < -0.3 is 10.7 Å². The summed E-state index contributed by atoms with van der Waals surface area (Å²) in [6.45, 7) is 0. The standard InChI is InChI=1S/C15H10BrClN2O/c16-11-2-1-3-13-14(11)10(7-19-13)15(20)9-5-4-8(17)6-12(9)18/h1-7,19H,18H2. The number of carbonyl (C=O) groups excluding carboxylic acids is 1. The molecule has 0 fully saturated rings. The lowest BCUT2D eigenvalue weighted by atomic mass is 10.0. The van der Waals surface area contributed by atoms with E-state index in [-0.39, 0.29) is 5.78 Å². The molecule has 0 aliphatic rings. The maximum atomic E-state index is 12.6. The first-order valence-corrected chi connectivity index (χ1v) is 7.10. The summed E-state index contributed by atoms with van der Waals surface area (Å²) in [5, 5.41) is 1.37. The molecule has 0 spiro atoms. The zero-order chi connectivity index (χ0) is 14.3. The van der Waals surface area contributed by atoms with Gasteiger partial charge in [0, 0.05) is 43.4 Å². The highest BCUT2D eigenvalue weighted by Gasteiger charge is 2.18. The lowest BCUT2D eigenvalue weighted by Crippen LogP contribution is -2.04. The molecule has 20 heavy (non-hydrogen) atoms. The van der Waals surface area contributed by atoms with Crippen LogP contribution in [-0.4, -0.2) is 10.8 Å². The number of aromatic amines is 1. The fourth-order valence-electron chi connectivity index (χ4n) is 2.20. The number of halogens is 2. The van der Waals surface area contributed by atoms with Crippen LogP contribution in [0, 0.1) is 0 Å². The Labute approximate surface area is 128 Å². The monoisotopic (exact) mass is 348 g/mol. The minimum Gasteiger partial charge on any atom is -0.398 e. The molecule has 100 valence electrons. The van der Waals surface area contributed by atoms with Crippen LogP contribution in [0.4, 0.5) is 5.69 Å². The van der Waals surface area contributed by atoms with Crippen LogP contribution < -0.4 is 5.73 Å². The third-order valence-electron chi connectivity index (χ3n) is 3.16. The molecule has 2 aromatic carbocycles. The van der Waals surface area contributed by atoms with Crippen LogP contribution in [0.25, 0.3) is 10.9 Å². The Morgan fingerprint density at radius 1 is 1.20 bits per heavy atom. The second-order valence-corrected chi connectivity index (χ2v) is 5.72. The Morgan fingerprint density at radius 3 is 2.75 bits per heavy atom. The third kappa shape index (κ3) is 2.11. The predicted octanol–water partition coefficient (Wildman–Crippen LogP) is 4.40.